The summed E-state index contributed by atoms with van der Waals surface area (Å²) < 4.78 is 0. The Balaban J connectivity index is 0.00000196. The third kappa shape index (κ3) is 4.74. The van der Waals surface area contributed by atoms with Gasteiger partial charge in [0, 0.05) is 29.8 Å². The second-order valence-electron chi connectivity index (χ2n) is 3.50. The average Bonchev–Trinajstić information content (AvgIpc) is 2.14. The molecule has 1 aromatic rings. The fraction of sp³-hybridized carbons (Fsp3) is 0.455. The normalized spacial score (nSPS) is 11.7. The van der Waals surface area contributed by atoms with Crippen molar-refractivity contribution in [2.75, 3.05) is 18.0 Å². The summed E-state index contributed by atoms with van der Waals surface area (Å²) in [5, 5.41) is 0.769. The first-order valence-electron chi connectivity index (χ1n) is 4.89. The molecule has 0 fully saturated rings. The van der Waals surface area contributed by atoms with Gasteiger partial charge in [-0.3, -0.25) is 0 Å². The van der Waals surface area contributed by atoms with Gasteiger partial charge in [0.15, 0.2) is 0 Å². The lowest BCUT2D eigenvalue weighted by Gasteiger charge is -2.25. The van der Waals surface area contributed by atoms with Crippen molar-refractivity contribution < 1.29 is 0 Å². The zero-order valence-electron chi connectivity index (χ0n) is 9.11. The molecule has 4 heteroatoms. The molecule has 0 aliphatic heterocycles. The minimum Gasteiger partial charge on any atom is -0.370 e. The van der Waals surface area contributed by atoms with Crippen LogP contribution in [0.1, 0.15) is 13.8 Å². The van der Waals surface area contributed by atoms with Crippen LogP contribution in [0.25, 0.3) is 0 Å². The zero-order valence-corrected chi connectivity index (χ0v) is 10.7. The predicted octanol–water partition coefficient (Wildman–Crippen LogP) is 2.94. The Kier molecular flexibility index (Phi) is 6.73. The van der Waals surface area contributed by atoms with Crippen molar-refractivity contribution in [2.45, 2.75) is 19.9 Å². The van der Waals surface area contributed by atoms with Crippen LogP contribution in [0.4, 0.5) is 5.69 Å². The van der Waals surface area contributed by atoms with E-state index in [-0.39, 0.29) is 18.4 Å². The first kappa shape index (κ1) is 14.6. The summed E-state index contributed by atoms with van der Waals surface area (Å²) in [4.78, 5) is 2.22. The monoisotopic (exact) mass is 248 g/mol. The molecule has 0 saturated carbocycles. The van der Waals surface area contributed by atoms with Crippen LogP contribution in [-0.2, 0) is 0 Å². The minimum absolute atomic E-state index is 0. The molecule has 1 aromatic carbocycles. The molecule has 0 bridgehead atoms. The van der Waals surface area contributed by atoms with Crippen LogP contribution in [0, 0.1) is 0 Å². The number of halogens is 2. The van der Waals surface area contributed by atoms with Gasteiger partial charge in [-0.15, -0.1) is 12.4 Å². The zero-order chi connectivity index (χ0) is 10.6. The maximum absolute atomic E-state index is 5.92. The van der Waals surface area contributed by atoms with E-state index in [1.165, 1.54) is 0 Å². The highest BCUT2D eigenvalue weighted by Crippen LogP contribution is 2.19. The number of rotatable bonds is 4. The molecular formula is C11H18Cl2N2. The molecule has 0 aromatic heterocycles. The molecule has 2 N–H and O–H groups in total. The highest BCUT2D eigenvalue weighted by atomic mass is 35.5. The van der Waals surface area contributed by atoms with Crippen molar-refractivity contribution in [2.24, 2.45) is 5.73 Å². The van der Waals surface area contributed by atoms with Crippen molar-refractivity contribution >= 4 is 29.7 Å². The summed E-state index contributed by atoms with van der Waals surface area (Å²) in [5.74, 6) is 0. The Labute approximate surface area is 103 Å². The van der Waals surface area contributed by atoms with Crippen molar-refractivity contribution in [3.8, 4) is 0 Å². The van der Waals surface area contributed by atoms with Crippen molar-refractivity contribution in [3.05, 3.63) is 29.3 Å². The minimum atomic E-state index is 0. The fourth-order valence-electron chi connectivity index (χ4n) is 1.44. The topological polar surface area (TPSA) is 29.3 Å². The average molecular weight is 249 g/mol. The van der Waals surface area contributed by atoms with E-state index in [0.717, 1.165) is 23.8 Å². The number of nitrogens with two attached hydrogens (primary N) is 1. The predicted molar refractivity (Wildman–Crippen MR) is 70.2 cm³/mol. The first-order valence-corrected chi connectivity index (χ1v) is 5.27. The van der Waals surface area contributed by atoms with Crippen LogP contribution in [0.15, 0.2) is 24.3 Å². The van der Waals surface area contributed by atoms with Gasteiger partial charge in [-0.25, -0.2) is 0 Å². The Morgan fingerprint density at radius 2 is 2.13 bits per heavy atom. The molecule has 1 atom stereocenters. The number of benzene rings is 1. The maximum atomic E-state index is 5.92. The van der Waals surface area contributed by atoms with Crippen molar-refractivity contribution in [3.63, 3.8) is 0 Å². The molecule has 2 nitrogen and oxygen atoms in total. The molecule has 0 amide bonds. The third-order valence-corrected chi connectivity index (χ3v) is 2.30. The van der Waals surface area contributed by atoms with Crippen LogP contribution in [0.5, 0.6) is 0 Å². The summed E-state index contributed by atoms with van der Waals surface area (Å²) in [7, 11) is 0. The molecule has 0 radical (unpaired) electrons. The van der Waals surface area contributed by atoms with E-state index in [0.29, 0.717) is 0 Å². The van der Waals surface area contributed by atoms with Gasteiger partial charge in [0.1, 0.15) is 0 Å². The number of hydrogen-bond donors (Lipinski definition) is 1. The number of nitrogens with zero attached hydrogens (tertiary/aromatic N) is 1. The first-order chi connectivity index (χ1) is 6.63. The lowest BCUT2D eigenvalue weighted by molar-refractivity contribution is 0.689. The van der Waals surface area contributed by atoms with Gasteiger partial charge in [-0.1, -0.05) is 17.7 Å². The van der Waals surface area contributed by atoms with E-state index >= 15 is 0 Å². The van der Waals surface area contributed by atoms with Gasteiger partial charge in [0.25, 0.3) is 0 Å². The van der Waals surface area contributed by atoms with E-state index < -0.39 is 0 Å². The largest absolute Gasteiger partial charge is 0.370 e. The quantitative estimate of drug-likeness (QED) is 0.888. The summed E-state index contributed by atoms with van der Waals surface area (Å²) in [5.41, 5.74) is 6.91. The highest BCUT2D eigenvalue weighted by molar-refractivity contribution is 6.30. The Bertz CT molecular complexity index is 290. The van der Waals surface area contributed by atoms with E-state index in [2.05, 4.69) is 17.9 Å². The van der Waals surface area contributed by atoms with E-state index in [1.54, 1.807) is 0 Å². The summed E-state index contributed by atoms with van der Waals surface area (Å²) in [6.07, 6.45) is 0. The van der Waals surface area contributed by atoms with Gasteiger partial charge < -0.3 is 10.6 Å². The summed E-state index contributed by atoms with van der Waals surface area (Å²) >= 11 is 5.92. The van der Waals surface area contributed by atoms with Crippen LogP contribution in [0.3, 0.4) is 0 Å². The standard InChI is InChI=1S/C11H17ClN2.ClH/c1-3-14(8-9(2)13)11-6-4-5-10(12)7-11;/h4-7,9H,3,8,13H2,1-2H3;1H. The second-order valence-corrected chi connectivity index (χ2v) is 3.93. The smallest absolute Gasteiger partial charge is 0.0426 e. The third-order valence-electron chi connectivity index (χ3n) is 2.06. The molecule has 0 saturated heterocycles. The molecule has 0 spiro atoms. The van der Waals surface area contributed by atoms with Gasteiger partial charge in [-0.05, 0) is 32.0 Å². The molecule has 0 aliphatic carbocycles. The molecule has 0 heterocycles. The molecule has 15 heavy (non-hydrogen) atoms. The lowest BCUT2D eigenvalue weighted by Crippen LogP contribution is -2.35. The van der Waals surface area contributed by atoms with Gasteiger partial charge in [0.05, 0.1) is 0 Å². The van der Waals surface area contributed by atoms with Gasteiger partial charge in [-0.2, -0.15) is 0 Å². The number of hydrogen-bond acceptors (Lipinski definition) is 2. The highest BCUT2D eigenvalue weighted by Gasteiger charge is 2.06. The van der Waals surface area contributed by atoms with Crippen LogP contribution in [-0.4, -0.2) is 19.1 Å². The maximum Gasteiger partial charge on any atom is 0.0426 e. The Hall–Kier alpha value is -0.440. The molecule has 1 rings (SSSR count). The van der Waals surface area contributed by atoms with Gasteiger partial charge in [0.2, 0.25) is 0 Å². The number of anilines is 1. The molecular weight excluding hydrogens is 231 g/mol. The Morgan fingerprint density at radius 3 is 2.60 bits per heavy atom. The fourth-order valence-corrected chi connectivity index (χ4v) is 1.62. The van der Waals surface area contributed by atoms with E-state index in [4.69, 9.17) is 17.3 Å². The second kappa shape index (κ2) is 6.94. The van der Waals surface area contributed by atoms with Gasteiger partial charge >= 0.3 is 0 Å². The number of likely N-dealkylation sites (N-methyl/N-ethyl adjacent to an activating group) is 1. The molecule has 1 unspecified atom stereocenters. The van der Waals surface area contributed by atoms with Crippen molar-refractivity contribution in [1.82, 2.24) is 0 Å². The van der Waals surface area contributed by atoms with E-state index in [9.17, 15) is 0 Å². The van der Waals surface area contributed by atoms with Crippen molar-refractivity contribution in [1.29, 1.82) is 0 Å². The molecule has 86 valence electrons. The summed E-state index contributed by atoms with van der Waals surface area (Å²) in [6.45, 7) is 5.93. The van der Waals surface area contributed by atoms with Crippen LogP contribution >= 0.6 is 24.0 Å². The SMILES string of the molecule is CCN(CC(C)N)c1cccc(Cl)c1.Cl. The van der Waals surface area contributed by atoms with Crippen LogP contribution in [0.2, 0.25) is 5.02 Å². The van der Waals surface area contributed by atoms with E-state index in [1.807, 2.05) is 25.1 Å². The summed E-state index contributed by atoms with van der Waals surface area (Å²) in [6, 6.07) is 8.03. The lowest BCUT2D eigenvalue weighted by atomic mass is 10.2. The van der Waals surface area contributed by atoms with Crippen LogP contribution < -0.4 is 10.6 Å². The molecule has 0 aliphatic rings. The Morgan fingerprint density at radius 1 is 1.47 bits per heavy atom.